The van der Waals surface area contributed by atoms with E-state index in [-0.39, 0.29) is 10.0 Å². The second-order valence-corrected chi connectivity index (χ2v) is 4.66. The highest BCUT2D eigenvalue weighted by Crippen LogP contribution is 2.19. The molecule has 0 bridgehead atoms. The first-order chi connectivity index (χ1) is 7.34. The van der Waals surface area contributed by atoms with Gasteiger partial charge in [-0.15, -0.1) is 0 Å². The predicted molar refractivity (Wildman–Crippen MR) is 52.1 cm³/mol. The molecule has 2 N–H and O–H groups in total. The Hall–Kier alpha value is -1.16. The van der Waals surface area contributed by atoms with E-state index < -0.39 is 22.6 Å². The van der Waals surface area contributed by atoms with E-state index >= 15 is 0 Å². The highest BCUT2D eigenvalue weighted by molar-refractivity contribution is 7.89. The molecule has 0 spiro atoms. The molecule has 0 fully saturated rings. The molecule has 0 aromatic carbocycles. The van der Waals surface area contributed by atoms with Crippen LogP contribution in [-0.4, -0.2) is 35.9 Å². The Kier molecular flexibility index (Phi) is 3.86. The SMILES string of the molecule is Cn1ncc(Cl)c1S(=O)(=O)NOCC(=O)O. The summed E-state index contributed by atoms with van der Waals surface area (Å²) in [6.45, 7) is -0.797. The van der Waals surface area contributed by atoms with Crippen molar-refractivity contribution >= 4 is 27.6 Å². The van der Waals surface area contributed by atoms with Gasteiger partial charge in [0.15, 0.2) is 11.6 Å². The van der Waals surface area contributed by atoms with Gasteiger partial charge in [0.2, 0.25) is 0 Å². The number of hydrogen-bond donors (Lipinski definition) is 2. The summed E-state index contributed by atoms with van der Waals surface area (Å²) in [5.41, 5.74) is 0. The third-order valence-electron chi connectivity index (χ3n) is 1.46. The highest BCUT2D eigenvalue weighted by Gasteiger charge is 2.23. The quantitative estimate of drug-likeness (QED) is 0.689. The summed E-state index contributed by atoms with van der Waals surface area (Å²) in [5, 5.41) is 11.5. The monoisotopic (exact) mass is 269 g/mol. The average molecular weight is 270 g/mol. The van der Waals surface area contributed by atoms with Crippen molar-refractivity contribution in [1.29, 1.82) is 0 Å². The minimum absolute atomic E-state index is 0.0890. The van der Waals surface area contributed by atoms with Gasteiger partial charge in [-0.25, -0.2) is 13.2 Å². The highest BCUT2D eigenvalue weighted by atomic mass is 35.5. The van der Waals surface area contributed by atoms with Crippen molar-refractivity contribution in [3.8, 4) is 0 Å². The maximum Gasteiger partial charge on any atom is 0.331 e. The van der Waals surface area contributed by atoms with Crippen LogP contribution in [0, 0.1) is 0 Å². The molecule has 0 unspecified atom stereocenters. The van der Waals surface area contributed by atoms with E-state index in [1.54, 1.807) is 4.89 Å². The van der Waals surface area contributed by atoms with Gasteiger partial charge in [0.05, 0.1) is 11.2 Å². The number of carboxylic acid groups (broad SMARTS) is 1. The fourth-order valence-electron chi connectivity index (χ4n) is 0.910. The lowest BCUT2D eigenvalue weighted by atomic mass is 10.7. The molecule has 1 rings (SSSR count). The standard InChI is InChI=1S/C6H8ClN3O5S/c1-10-6(4(7)2-8-10)16(13,14)9-15-3-5(11)12/h2,9H,3H2,1H3,(H,11,12). The van der Waals surface area contributed by atoms with Crippen LogP contribution < -0.4 is 4.89 Å². The first kappa shape index (κ1) is 12.9. The van der Waals surface area contributed by atoms with E-state index in [1.807, 2.05) is 0 Å². The van der Waals surface area contributed by atoms with Crippen molar-refractivity contribution in [2.45, 2.75) is 5.03 Å². The van der Waals surface area contributed by atoms with E-state index in [4.69, 9.17) is 16.7 Å². The Labute approximate surface area is 95.8 Å². The zero-order valence-corrected chi connectivity index (χ0v) is 9.62. The van der Waals surface area contributed by atoms with Gasteiger partial charge < -0.3 is 5.11 Å². The second kappa shape index (κ2) is 4.78. The molecule has 1 aromatic heterocycles. The number of halogens is 1. The number of carbonyl (C=O) groups is 1. The molecule has 1 aromatic rings. The second-order valence-electron chi connectivity index (χ2n) is 2.69. The molecule has 90 valence electrons. The van der Waals surface area contributed by atoms with Crippen molar-refractivity contribution in [3.05, 3.63) is 11.2 Å². The third kappa shape index (κ3) is 2.92. The van der Waals surface area contributed by atoms with Gasteiger partial charge in [0, 0.05) is 7.05 Å². The number of aliphatic carboxylic acids is 1. The van der Waals surface area contributed by atoms with Gasteiger partial charge in [0.25, 0.3) is 10.0 Å². The maximum atomic E-state index is 11.5. The summed E-state index contributed by atoms with van der Waals surface area (Å²) < 4.78 is 24.1. The lowest BCUT2D eigenvalue weighted by molar-refractivity contribution is -0.143. The van der Waals surface area contributed by atoms with E-state index in [0.29, 0.717) is 0 Å². The lowest BCUT2D eigenvalue weighted by Crippen LogP contribution is -2.28. The van der Waals surface area contributed by atoms with Crippen molar-refractivity contribution in [3.63, 3.8) is 0 Å². The van der Waals surface area contributed by atoms with Crippen LogP contribution in [0.25, 0.3) is 0 Å². The largest absolute Gasteiger partial charge is 0.479 e. The van der Waals surface area contributed by atoms with Crippen LogP contribution >= 0.6 is 11.6 Å². The molecule has 10 heteroatoms. The number of rotatable bonds is 5. The molecule has 0 aliphatic carbocycles. The zero-order valence-electron chi connectivity index (χ0n) is 8.05. The first-order valence-electron chi connectivity index (χ1n) is 3.87. The Morgan fingerprint density at radius 1 is 1.75 bits per heavy atom. The number of hydrogen-bond acceptors (Lipinski definition) is 5. The summed E-state index contributed by atoms with van der Waals surface area (Å²) >= 11 is 5.60. The van der Waals surface area contributed by atoms with Gasteiger partial charge >= 0.3 is 5.97 Å². The molecule has 0 atom stereocenters. The molecule has 0 saturated carbocycles. The van der Waals surface area contributed by atoms with Crippen LogP contribution in [0.1, 0.15) is 0 Å². The van der Waals surface area contributed by atoms with E-state index in [0.717, 1.165) is 10.9 Å². The van der Waals surface area contributed by atoms with Crippen LogP contribution in [0.15, 0.2) is 11.2 Å². The van der Waals surface area contributed by atoms with Crippen molar-refractivity contribution in [2.24, 2.45) is 7.05 Å². The molecule has 0 saturated heterocycles. The zero-order chi connectivity index (χ0) is 12.3. The van der Waals surface area contributed by atoms with Gasteiger partial charge in [-0.3, -0.25) is 9.52 Å². The lowest BCUT2D eigenvalue weighted by Gasteiger charge is -2.05. The molecule has 1 heterocycles. The molecular weight excluding hydrogens is 262 g/mol. The van der Waals surface area contributed by atoms with E-state index in [9.17, 15) is 13.2 Å². The van der Waals surface area contributed by atoms with Gasteiger partial charge in [-0.2, -0.15) is 5.10 Å². The molecule has 0 aliphatic heterocycles. The number of aryl methyl sites for hydroxylation is 1. The number of carboxylic acids is 1. The third-order valence-corrected chi connectivity index (χ3v) is 3.18. The van der Waals surface area contributed by atoms with Crippen LogP contribution in [0.2, 0.25) is 5.02 Å². The van der Waals surface area contributed by atoms with Crippen molar-refractivity contribution in [2.75, 3.05) is 6.61 Å². The number of nitrogens with zero attached hydrogens (tertiary/aromatic N) is 2. The topological polar surface area (TPSA) is 111 Å². The maximum absolute atomic E-state index is 11.5. The van der Waals surface area contributed by atoms with Crippen molar-refractivity contribution < 1.29 is 23.2 Å². The fourth-order valence-corrected chi connectivity index (χ4v) is 2.38. The Balaban J connectivity index is 2.83. The van der Waals surface area contributed by atoms with Gasteiger partial charge in [-0.05, 0) is 0 Å². The van der Waals surface area contributed by atoms with Crippen LogP contribution in [0.4, 0.5) is 0 Å². The molecule has 8 nitrogen and oxygen atoms in total. The van der Waals surface area contributed by atoms with E-state index in [1.165, 1.54) is 7.05 Å². The van der Waals surface area contributed by atoms with Crippen LogP contribution in [0.5, 0.6) is 0 Å². The summed E-state index contributed by atoms with van der Waals surface area (Å²) in [6, 6.07) is 0. The van der Waals surface area contributed by atoms with Gasteiger partial charge in [0.1, 0.15) is 0 Å². The number of aromatic nitrogens is 2. The van der Waals surface area contributed by atoms with Crippen molar-refractivity contribution in [1.82, 2.24) is 14.7 Å². The van der Waals surface area contributed by atoms with Crippen LogP contribution in [-0.2, 0) is 26.7 Å². The smallest absolute Gasteiger partial charge is 0.331 e. The van der Waals surface area contributed by atoms with E-state index in [2.05, 4.69) is 9.94 Å². The molecule has 0 amide bonds. The minimum Gasteiger partial charge on any atom is -0.479 e. The number of sulfonamides is 1. The molecule has 0 aliphatic rings. The number of nitrogens with one attached hydrogen (secondary N) is 1. The molecule has 16 heavy (non-hydrogen) atoms. The fraction of sp³-hybridized carbons (Fsp3) is 0.333. The summed E-state index contributed by atoms with van der Waals surface area (Å²) in [5.74, 6) is -1.31. The first-order valence-corrected chi connectivity index (χ1v) is 5.73. The summed E-state index contributed by atoms with van der Waals surface area (Å²) in [7, 11) is -2.67. The Bertz CT molecular complexity index is 477. The molecule has 0 radical (unpaired) electrons. The summed E-state index contributed by atoms with van der Waals surface area (Å²) in [6.07, 6.45) is 1.15. The predicted octanol–water partition coefficient (Wildman–Crippen LogP) is -0.632. The molecular formula is C6H8ClN3O5S. The van der Waals surface area contributed by atoms with Gasteiger partial charge in [-0.1, -0.05) is 16.5 Å². The van der Waals surface area contributed by atoms with Crippen LogP contribution in [0.3, 0.4) is 0 Å². The summed E-state index contributed by atoms with van der Waals surface area (Å²) in [4.78, 5) is 16.0. The Morgan fingerprint density at radius 2 is 2.38 bits per heavy atom. The normalized spacial score (nSPS) is 11.6. The Morgan fingerprint density at radius 3 is 2.81 bits per heavy atom. The minimum atomic E-state index is -4.04. The average Bonchev–Trinajstić information content (AvgIpc) is 2.45.